The fourth-order valence-corrected chi connectivity index (χ4v) is 2.97. The summed E-state index contributed by atoms with van der Waals surface area (Å²) in [5, 5.41) is 20.9. The third kappa shape index (κ3) is 3.48. The van der Waals surface area contributed by atoms with Gasteiger partial charge in [-0.2, -0.15) is 0 Å². The summed E-state index contributed by atoms with van der Waals surface area (Å²) in [7, 11) is 1.24. The average Bonchev–Trinajstić information content (AvgIpc) is 2.60. The minimum absolute atomic E-state index is 0.103. The van der Waals surface area contributed by atoms with Crippen molar-refractivity contribution >= 4 is 23.4 Å². The van der Waals surface area contributed by atoms with E-state index in [-0.39, 0.29) is 29.4 Å². The molecule has 26 heavy (non-hydrogen) atoms. The molecule has 8 heteroatoms. The number of likely N-dealkylation sites (N-methyl/N-ethyl adjacent to an activating group) is 1. The molecule has 1 aromatic carbocycles. The van der Waals surface area contributed by atoms with Gasteiger partial charge in [-0.25, -0.2) is 0 Å². The smallest absolute Gasteiger partial charge is 0.286 e. The molecule has 0 aromatic heterocycles. The van der Waals surface area contributed by atoms with Crippen molar-refractivity contribution in [3.8, 4) is 0 Å². The molecule has 0 aliphatic carbocycles. The maximum absolute atomic E-state index is 12.7. The van der Waals surface area contributed by atoms with Gasteiger partial charge < -0.3 is 19.7 Å². The zero-order valence-electron chi connectivity index (χ0n) is 14.7. The molecule has 0 unspecified atom stereocenters. The molecule has 1 aromatic rings. The number of ether oxygens (including phenoxy) is 2. The molecule has 0 spiro atoms. The van der Waals surface area contributed by atoms with E-state index >= 15 is 0 Å². The zero-order valence-corrected chi connectivity index (χ0v) is 15.4. The number of hydrogen-bond acceptors (Lipinski definition) is 6. The summed E-state index contributed by atoms with van der Waals surface area (Å²) in [5.41, 5.74) is -0.0573. The normalized spacial score (nSPS) is 21.5. The molecule has 1 aliphatic heterocycles. The van der Waals surface area contributed by atoms with Crippen LogP contribution >= 0.6 is 11.6 Å². The number of amides is 2. The second-order valence-corrected chi connectivity index (χ2v) is 5.83. The number of imide groups is 1. The van der Waals surface area contributed by atoms with Crippen LogP contribution in [0, 0.1) is 0 Å². The third-order valence-corrected chi connectivity index (χ3v) is 4.23. The molecule has 1 fully saturated rings. The predicted octanol–water partition coefficient (Wildman–Crippen LogP) is 3.03. The van der Waals surface area contributed by atoms with Gasteiger partial charge in [0.2, 0.25) is 0 Å². The predicted molar refractivity (Wildman–Crippen MR) is 94.5 cm³/mol. The summed E-state index contributed by atoms with van der Waals surface area (Å²) >= 11 is 6.26. The van der Waals surface area contributed by atoms with Crippen LogP contribution in [0.1, 0.15) is 25.3 Å². The molecular formula is C18H20ClNO6. The molecule has 2 rings (SSSR count). The van der Waals surface area contributed by atoms with Crippen LogP contribution in [0.3, 0.4) is 0 Å². The van der Waals surface area contributed by atoms with Crippen LogP contribution in [0.4, 0.5) is 0 Å². The number of aliphatic hydroxyl groups excluding tert-OH is 2. The monoisotopic (exact) mass is 381 g/mol. The Morgan fingerprint density at radius 2 is 1.50 bits per heavy atom. The second kappa shape index (κ2) is 8.14. The van der Waals surface area contributed by atoms with E-state index in [0.717, 1.165) is 4.90 Å². The number of halogens is 1. The Kier molecular flexibility index (Phi) is 6.15. The highest BCUT2D eigenvalue weighted by molar-refractivity contribution is 6.31. The maximum Gasteiger partial charge on any atom is 0.286 e. The van der Waals surface area contributed by atoms with Crippen LogP contribution < -0.4 is 0 Å². The van der Waals surface area contributed by atoms with Gasteiger partial charge in [0.1, 0.15) is 11.1 Å². The minimum Gasteiger partial charge on any atom is -0.481 e. The Balaban J connectivity index is 2.83. The summed E-state index contributed by atoms with van der Waals surface area (Å²) in [4.78, 5) is 26.2. The molecule has 140 valence electrons. The van der Waals surface area contributed by atoms with E-state index in [1.54, 1.807) is 38.1 Å². The van der Waals surface area contributed by atoms with Crippen LogP contribution in [-0.4, -0.2) is 47.2 Å². The molecule has 7 nitrogen and oxygen atoms in total. The summed E-state index contributed by atoms with van der Waals surface area (Å²) in [6.07, 6.45) is 0. The molecule has 0 atom stereocenters. The van der Waals surface area contributed by atoms with Gasteiger partial charge in [-0.05, 0) is 25.5 Å². The Bertz CT molecular complexity index is 744. The van der Waals surface area contributed by atoms with Crippen LogP contribution in [0.15, 0.2) is 47.3 Å². The van der Waals surface area contributed by atoms with E-state index in [0.29, 0.717) is 5.56 Å². The minimum atomic E-state index is -1.14. The first kappa shape index (κ1) is 19.7. The van der Waals surface area contributed by atoms with E-state index in [9.17, 15) is 19.8 Å². The van der Waals surface area contributed by atoms with Crippen molar-refractivity contribution in [3.05, 3.63) is 57.9 Å². The molecule has 0 bridgehead atoms. The highest BCUT2D eigenvalue weighted by Crippen LogP contribution is 2.42. The number of benzene rings is 1. The summed E-state index contributed by atoms with van der Waals surface area (Å²) in [6.45, 7) is 3.48. The lowest BCUT2D eigenvalue weighted by Gasteiger charge is -2.32. The van der Waals surface area contributed by atoms with Crippen LogP contribution in [0.2, 0.25) is 5.02 Å². The fraction of sp³-hybridized carbons (Fsp3) is 0.333. The molecule has 1 saturated heterocycles. The molecule has 2 amide bonds. The zero-order chi connectivity index (χ0) is 19.4. The first-order valence-corrected chi connectivity index (χ1v) is 8.41. The van der Waals surface area contributed by atoms with E-state index in [2.05, 4.69) is 0 Å². The molecule has 0 radical (unpaired) electrons. The maximum atomic E-state index is 12.7. The van der Waals surface area contributed by atoms with Crippen molar-refractivity contribution in [2.75, 3.05) is 20.3 Å². The molecule has 1 heterocycles. The van der Waals surface area contributed by atoms with E-state index in [1.807, 2.05) is 0 Å². The number of rotatable bonds is 5. The Morgan fingerprint density at radius 1 is 1.04 bits per heavy atom. The quantitative estimate of drug-likeness (QED) is 0.462. The summed E-state index contributed by atoms with van der Waals surface area (Å²) in [5.74, 6) is -3.91. The molecule has 2 N–H and O–H groups in total. The molecular weight excluding hydrogens is 362 g/mol. The van der Waals surface area contributed by atoms with Gasteiger partial charge in [-0.1, -0.05) is 29.8 Å². The van der Waals surface area contributed by atoms with E-state index < -0.39 is 29.6 Å². The van der Waals surface area contributed by atoms with Crippen molar-refractivity contribution in [1.29, 1.82) is 0 Å². The Labute approximate surface area is 156 Å². The van der Waals surface area contributed by atoms with Crippen molar-refractivity contribution in [2.45, 2.75) is 19.8 Å². The fourth-order valence-electron chi connectivity index (χ4n) is 2.72. The average molecular weight is 382 g/mol. The number of nitrogens with zero attached hydrogens (tertiary/aromatic N) is 1. The van der Waals surface area contributed by atoms with Crippen molar-refractivity contribution in [3.63, 3.8) is 0 Å². The number of piperidine rings is 1. The van der Waals surface area contributed by atoms with E-state index in [1.165, 1.54) is 7.05 Å². The highest BCUT2D eigenvalue weighted by atomic mass is 35.5. The number of likely N-dealkylation sites (tertiary alicyclic amines) is 1. The SMILES string of the molecule is CCOC(O)=C1C(=O)N(C)C(=O)C(=C(O)OCC)C1c1ccccc1Cl. The number of aliphatic hydroxyl groups is 2. The Hall–Kier alpha value is -2.67. The van der Waals surface area contributed by atoms with Gasteiger partial charge in [0.15, 0.2) is 0 Å². The lowest BCUT2D eigenvalue weighted by atomic mass is 9.80. The van der Waals surface area contributed by atoms with Gasteiger partial charge in [0, 0.05) is 12.1 Å². The van der Waals surface area contributed by atoms with Crippen LogP contribution in [-0.2, 0) is 19.1 Å². The standard InChI is InChI=1S/C18H20ClNO6/c1-4-25-17(23)13-12(10-8-6-7-9-11(10)19)14(18(24)26-5-2)16(22)20(3)15(13)21/h6-9,12,23-24H,4-5H2,1-3H3. The van der Waals surface area contributed by atoms with Crippen LogP contribution in [0.5, 0.6) is 0 Å². The van der Waals surface area contributed by atoms with E-state index in [4.69, 9.17) is 21.1 Å². The van der Waals surface area contributed by atoms with Gasteiger partial charge in [-0.15, -0.1) is 0 Å². The third-order valence-electron chi connectivity index (χ3n) is 3.89. The number of hydrogen-bond donors (Lipinski definition) is 2. The van der Waals surface area contributed by atoms with Crippen molar-refractivity contribution < 1.29 is 29.3 Å². The van der Waals surface area contributed by atoms with Crippen molar-refractivity contribution in [2.24, 2.45) is 0 Å². The molecule has 1 aliphatic rings. The lowest BCUT2D eigenvalue weighted by Crippen LogP contribution is -2.44. The van der Waals surface area contributed by atoms with Gasteiger partial charge >= 0.3 is 0 Å². The number of carbonyl (C=O) groups is 2. The Morgan fingerprint density at radius 3 is 1.92 bits per heavy atom. The largest absolute Gasteiger partial charge is 0.481 e. The molecule has 0 saturated carbocycles. The first-order valence-electron chi connectivity index (χ1n) is 8.03. The van der Waals surface area contributed by atoms with Crippen molar-refractivity contribution in [1.82, 2.24) is 4.90 Å². The second-order valence-electron chi connectivity index (χ2n) is 5.43. The van der Waals surface area contributed by atoms with Gasteiger partial charge in [-0.3, -0.25) is 14.5 Å². The lowest BCUT2D eigenvalue weighted by molar-refractivity contribution is -0.141. The van der Waals surface area contributed by atoms with Crippen LogP contribution in [0.25, 0.3) is 0 Å². The first-order chi connectivity index (χ1) is 12.3. The number of carbonyl (C=O) groups excluding carboxylic acids is 2. The summed E-state index contributed by atoms with van der Waals surface area (Å²) in [6, 6.07) is 6.52. The van der Waals surface area contributed by atoms with Gasteiger partial charge in [0.05, 0.1) is 19.1 Å². The highest BCUT2D eigenvalue weighted by Gasteiger charge is 2.46. The topological polar surface area (TPSA) is 96.3 Å². The van der Waals surface area contributed by atoms with Gasteiger partial charge in [0.25, 0.3) is 23.7 Å². The summed E-state index contributed by atoms with van der Waals surface area (Å²) < 4.78 is 10.2.